The van der Waals surface area contributed by atoms with Gasteiger partial charge in [0.05, 0.1) is 23.8 Å². The van der Waals surface area contributed by atoms with E-state index in [4.69, 9.17) is 4.74 Å². The molecule has 1 N–H and O–H groups in total. The van der Waals surface area contributed by atoms with E-state index in [1.54, 1.807) is 0 Å². The van der Waals surface area contributed by atoms with E-state index in [0.29, 0.717) is 36.4 Å². The number of rotatable bonds is 4. The first-order valence-electron chi connectivity index (χ1n) is 11.3. The van der Waals surface area contributed by atoms with E-state index in [9.17, 15) is 9.59 Å². The van der Waals surface area contributed by atoms with E-state index in [-0.39, 0.29) is 18.4 Å². The summed E-state index contributed by atoms with van der Waals surface area (Å²) in [6, 6.07) is 13.9. The Balaban J connectivity index is 1.42. The molecule has 5 rings (SSSR count). The Bertz CT molecular complexity index is 1340. The summed E-state index contributed by atoms with van der Waals surface area (Å²) in [5.74, 6) is -0.102. The van der Waals surface area contributed by atoms with Crippen LogP contribution in [0.15, 0.2) is 58.6 Å². The first-order valence-corrected chi connectivity index (χ1v) is 12.1. The molecule has 8 heteroatoms. The van der Waals surface area contributed by atoms with Crippen molar-refractivity contribution in [3.05, 3.63) is 70.3 Å². The maximum atomic E-state index is 12.8. The van der Waals surface area contributed by atoms with Crippen LogP contribution in [0.2, 0.25) is 0 Å². The van der Waals surface area contributed by atoms with Crippen molar-refractivity contribution in [3.63, 3.8) is 0 Å². The summed E-state index contributed by atoms with van der Waals surface area (Å²) in [5, 5.41) is 4.44. The zero-order valence-electron chi connectivity index (χ0n) is 19.2. The van der Waals surface area contributed by atoms with Gasteiger partial charge in [-0.1, -0.05) is 30.3 Å². The molecular formula is C26H26N4O3S. The summed E-state index contributed by atoms with van der Waals surface area (Å²) in [5.41, 5.74) is 4.96. The number of aryl methyl sites for hydroxylation is 1. The molecule has 1 aromatic heterocycles. The molecule has 34 heavy (non-hydrogen) atoms. The zero-order chi connectivity index (χ0) is 23.7. The number of fused-ring (bicyclic) bond motifs is 1. The van der Waals surface area contributed by atoms with E-state index in [1.165, 1.54) is 11.8 Å². The fraction of sp³-hybridized carbons (Fsp3) is 0.269. The van der Waals surface area contributed by atoms with Crippen molar-refractivity contribution in [2.45, 2.75) is 20.4 Å². The van der Waals surface area contributed by atoms with Gasteiger partial charge in [-0.05, 0) is 54.9 Å². The Kier molecular flexibility index (Phi) is 6.26. The van der Waals surface area contributed by atoms with E-state index in [1.807, 2.05) is 78.1 Å². The van der Waals surface area contributed by atoms with Crippen LogP contribution < -0.4 is 5.32 Å². The predicted octanol–water partition coefficient (Wildman–Crippen LogP) is 4.01. The van der Waals surface area contributed by atoms with Crippen molar-refractivity contribution >= 4 is 51.4 Å². The van der Waals surface area contributed by atoms with E-state index in [2.05, 4.69) is 10.3 Å². The lowest BCUT2D eigenvalue weighted by Gasteiger charge is -2.27. The number of benzene rings is 2. The maximum Gasteiger partial charge on any atom is 0.264 e. The van der Waals surface area contributed by atoms with Crippen molar-refractivity contribution in [1.82, 2.24) is 14.8 Å². The molecule has 0 bridgehead atoms. The number of carbonyl (C=O) groups is 2. The second-order valence-electron chi connectivity index (χ2n) is 8.42. The van der Waals surface area contributed by atoms with Crippen LogP contribution in [-0.4, -0.2) is 52.8 Å². The minimum atomic E-state index is -0.171. The van der Waals surface area contributed by atoms with Crippen LogP contribution in [0.5, 0.6) is 0 Å². The zero-order valence-corrected chi connectivity index (χ0v) is 20.0. The molecule has 174 valence electrons. The number of amidine groups is 1. The van der Waals surface area contributed by atoms with Crippen LogP contribution in [0.3, 0.4) is 0 Å². The van der Waals surface area contributed by atoms with Crippen LogP contribution in [-0.2, 0) is 20.9 Å². The molecule has 2 saturated heterocycles. The van der Waals surface area contributed by atoms with Crippen LogP contribution >= 0.6 is 11.8 Å². The van der Waals surface area contributed by atoms with E-state index >= 15 is 0 Å². The van der Waals surface area contributed by atoms with Gasteiger partial charge in [0.2, 0.25) is 5.91 Å². The highest BCUT2D eigenvalue weighted by atomic mass is 32.2. The number of thioether (sulfide) groups is 1. The molecule has 7 nitrogen and oxygen atoms in total. The van der Waals surface area contributed by atoms with Crippen LogP contribution in [0.25, 0.3) is 17.0 Å². The standard InChI is InChI=1S/C26H26N4O3S/c1-17-6-5-8-21(18(17)2)27-26-28-25(32)23(34-26)14-19-15-30(22-9-4-3-7-20(19)22)16-24(31)29-10-12-33-13-11-29/h3-9,14-15H,10-13,16H2,1-2H3,(H,27,28,32)/b23-14-. The molecule has 3 aromatic rings. The lowest BCUT2D eigenvalue weighted by molar-refractivity contribution is -0.135. The molecule has 2 aliphatic heterocycles. The smallest absolute Gasteiger partial charge is 0.264 e. The molecule has 2 aromatic carbocycles. The van der Waals surface area contributed by atoms with Gasteiger partial charge in [-0.2, -0.15) is 0 Å². The summed E-state index contributed by atoms with van der Waals surface area (Å²) in [6.45, 7) is 6.72. The van der Waals surface area contributed by atoms with Crippen molar-refractivity contribution < 1.29 is 14.3 Å². The summed E-state index contributed by atoms with van der Waals surface area (Å²) in [7, 11) is 0. The van der Waals surface area contributed by atoms with Crippen molar-refractivity contribution in [1.29, 1.82) is 0 Å². The monoisotopic (exact) mass is 474 g/mol. The number of carbonyl (C=O) groups excluding carboxylic acids is 2. The number of morpholine rings is 1. The first kappa shape index (κ1) is 22.4. The second-order valence-corrected chi connectivity index (χ2v) is 9.45. The number of para-hydroxylation sites is 1. The van der Waals surface area contributed by atoms with E-state index in [0.717, 1.165) is 33.3 Å². The molecule has 0 unspecified atom stereocenters. The average molecular weight is 475 g/mol. The first-order chi connectivity index (χ1) is 16.5. The Morgan fingerprint density at radius 3 is 2.76 bits per heavy atom. The molecular weight excluding hydrogens is 448 g/mol. The topological polar surface area (TPSA) is 75.9 Å². The summed E-state index contributed by atoms with van der Waals surface area (Å²) in [6.07, 6.45) is 3.83. The second kappa shape index (κ2) is 9.48. The third kappa shape index (κ3) is 4.51. The highest BCUT2D eigenvalue weighted by molar-refractivity contribution is 8.18. The van der Waals surface area contributed by atoms with Gasteiger partial charge >= 0.3 is 0 Å². The number of nitrogens with one attached hydrogen (secondary N) is 1. The van der Waals surface area contributed by atoms with Gasteiger partial charge in [-0.15, -0.1) is 0 Å². The molecule has 3 heterocycles. The van der Waals surface area contributed by atoms with Gasteiger partial charge in [-0.25, -0.2) is 4.99 Å². The third-order valence-electron chi connectivity index (χ3n) is 6.22. The minimum Gasteiger partial charge on any atom is -0.378 e. The molecule has 0 radical (unpaired) electrons. The normalized spacial score (nSPS) is 18.8. The average Bonchev–Trinajstić information content (AvgIpc) is 3.37. The minimum absolute atomic E-state index is 0.0687. The fourth-order valence-electron chi connectivity index (χ4n) is 4.17. The van der Waals surface area contributed by atoms with Gasteiger partial charge in [0.15, 0.2) is 5.17 Å². The molecule has 2 amide bonds. The largest absolute Gasteiger partial charge is 0.378 e. The van der Waals surface area contributed by atoms with Crippen LogP contribution in [0, 0.1) is 13.8 Å². The molecule has 2 aliphatic rings. The number of amides is 2. The maximum absolute atomic E-state index is 12.8. The number of nitrogens with zero attached hydrogens (tertiary/aromatic N) is 3. The Hall–Kier alpha value is -3.36. The van der Waals surface area contributed by atoms with Gasteiger partial charge in [0, 0.05) is 35.8 Å². The highest BCUT2D eigenvalue weighted by Gasteiger charge is 2.25. The van der Waals surface area contributed by atoms with Crippen molar-refractivity contribution in [2.24, 2.45) is 4.99 Å². The predicted molar refractivity (Wildman–Crippen MR) is 136 cm³/mol. The van der Waals surface area contributed by atoms with Crippen molar-refractivity contribution in [2.75, 3.05) is 26.3 Å². The lowest BCUT2D eigenvalue weighted by atomic mass is 10.1. The molecule has 0 aliphatic carbocycles. The molecule has 0 atom stereocenters. The van der Waals surface area contributed by atoms with Crippen LogP contribution in [0.4, 0.5) is 5.69 Å². The number of aliphatic imine (C=N–C) groups is 1. The number of ether oxygens (including phenoxy) is 1. The van der Waals surface area contributed by atoms with Gasteiger partial charge in [0.1, 0.15) is 6.54 Å². The Morgan fingerprint density at radius 2 is 1.94 bits per heavy atom. The summed E-state index contributed by atoms with van der Waals surface area (Å²) < 4.78 is 7.32. The summed E-state index contributed by atoms with van der Waals surface area (Å²) in [4.78, 5) is 32.6. The third-order valence-corrected chi connectivity index (χ3v) is 7.13. The van der Waals surface area contributed by atoms with Gasteiger partial charge < -0.3 is 19.5 Å². The number of aromatic nitrogens is 1. The number of hydrogen-bond acceptors (Lipinski definition) is 5. The van der Waals surface area contributed by atoms with Gasteiger partial charge in [0.25, 0.3) is 5.91 Å². The van der Waals surface area contributed by atoms with Crippen molar-refractivity contribution in [3.8, 4) is 0 Å². The highest BCUT2D eigenvalue weighted by Crippen LogP contribution is 2.32. The Labute approximate surface area is 202 Å². The van der Waals surface area contributed by atoms with Gasteiger partial charge in [-0.3, -0.25) is 9.59 Å². The molecule has 2 fully saturated rings. The SMILES string of the molecule is Cc1cccc(N=C2NC(=O)/C(=C/c3cn(CC(=O)N4CCOCC4)c4ccccc34)S2)c1C. The molecule has 0 spiro atoms. The van der Waals surface area contributed by atoms with Crippen LogP contribution in [0.1, 0.15) is 16.7 Å². The quantitative estimate of drug-likeness (QED) is 0.580. The lowest BCUT2D eigenvalue weighted by Crippen LogP contribution is -2.42. The van der Waals surface area contributed by atoms with E-state index < -0.39 is 0 Å². The number of hydrogen-bond donors (Lipinski definition) is 1. The summed E-state index contributed by atoms with van der Waals surface area (Å²) >= 11 is 1.33. The fourth-order valence-corrected chi connectivity index (χ4v) is 4.99. The Morgan fingerprint density at radius 1 is 1.15 bits per heavy atom. The molecule has 0 saturated carbocycles.